The Balaban J connectivity index is 1.63. The Bertz CT molecular complexity index is 486. The van der Waals surface area contributed by atoms with Crippen LogP contribution in [0.3, 0.4) is 0 Å². The summed E-state index contributed by atoms with van der Waals surface area (Å²) in [5, 5.41) is 9.42. The zero-order valence-electron chi connectivity index (χ0n) is 11.7. The molecule has 0 aliphatic carbocycles. The molecule has 3 rings (SSSR count). The highest BCUT2D eigenvalue weighted by atomic mass is 16.3. The van der Waals surface area contributed by atoms with Crippen molar-refractivity contribution in [1.29, 1.82) is 0 Å². The van der Waals surface area contributed by atoms with E-state index in [1.54, 1.807) is 0 Å². The first-order valence-electron chi connectivity index (χ1n) is 7.41. The second kappa shape index (κ2) is 5.79. The summed E-state index contributed by atoms with van der Waals surface area (Å²) in [6.45, 7) is 3.94. The zero-order chi connectivity index (χ0) is 13.9. The van der Waals surface area contributed by atoms with Crippen LogP contribution in [0.5, 0.6) is 5.75 Å². The highest BCUT2D eigenvalue weighted by Gasteiger charge is 2.31. The fourth-order valence-corrected chi connectivity index (χ4v) is 3.24. The predicted octanol–water partition coefficient (Wildman–Crippen LogP) is 1.49. The predicted molar refractivity (Wildman–Crippen MR) is 75.6 cm³/mol. The minimum Gasteiger partial charge on any atom is -0.506 e. The number of piperidine rings is 1. The van der Waals surface area contributed by atoms with E-state index < -0.39 is 0 Å². The molecule has 20 heavy (non-hydrogen) atoms. The van der Waals surface area contributed by atoms with Crippen molar-refractivity contribution in [3.63, 3.8) is 0 Å². The van der Waals surface area contributed by atoms with Gasteiger partial charge in [-0.2, -0.15) is 0 Å². The minimum atomic E-state index is -0.0205. The van der Waals surface area contributed by atoms with Crippen molar-refractivity contribution in [2.24, 2.45) is 0 Å². The van der Waals surface area contributed by atoms with E-state index in [2.05, 4.69) is 9.88 Å². The molecule has 2 saturated heterocycles. The Morgan fingerprint density at radius 2 is 2.00 bits per heavy atom. The summed E-state index contributed by atoms with van der Waals surface area (Å²) in [5.41, 5.74) is 0.476. The lowest BCUT2D eigenvalue weighted by molar-refractivity contribution is 0.0770. The van der Waals surface area contributed by atoms with Crippen LogP contribution in [0.4, 0.5) is 0 Å². The summed E-state index contributed by atoms with van der Waals surface area (Å²) >= 11 is 0. The van der Waals surface area contributed by atoms with Gasteiger partial charge in [-0.25, -0.2) is 0 Å². The molecular weight excluding hydrogens is 254 g/mol. The fourth-order valence-electron chi connectivity index (χ4n) is 3.24. The van der Waals surface area contributed by atoms with Crippen molar-refractivity contribution in [1.82, 2.24) is 14.8 Å². The maximum atomic E-state index is 12.4. The fraction of sp³-hybridized carbons (Fsp3) is 0.600. The number of carbonyl (C=O) groups is 1. The van der Waals surface area contributed by atoms with Crippen molar-refractivity contribution in [3.05, 3.63) is 24.0 Å². The molecule has 1 atom stereocenters. The van der Waals surface area contributed by atoms with E-state index in [-0.39, 0.29) is 11.7 Å². The first-order chi connectivity index (χ1) is 9.74. The molecule has 1 amide bonds. The first-order valence-corrected chi connectivity index (χ1v) is 7.41. The van der Waals surface area contributed by atoms with Crippen LogP contribution >= 0.6 is 0 Å². The monoisotopic (exact) mass is 275 g/mol. The van der Waals surface area contributed by atoms with E-state index in [9.17, 15) is 9.90 Å². The largest absolute Gasteiger partial charge is 0.506 e. The number of aromatic hydroxyl groups is 1. The third kappa shape index (κ3) is 2.77. The number of pyridine rings is 1. The molecule has 5 nitrogen and oxygen atoms in total. The third-order valence-electron chi connectivity index (χ3n) is 4.33. The van der Waals surface area contributed by atoms with Gasteiger partial charge >= 0.3 is 0 Å². The highest BCUT2D eigenvalue weighted by molar-refractivity contribution is 5.94. The summed E-state index contributed by atoms with van der Waals surface area (Å²) < 4.78 is 0. The van der Waals surface area contributed by atoms with Crippen molar-refractivity contribution in [3.8, 4) is 5.75 Å². The molecule has 1 unspecified atom stereocenters. The van der Waals surface area contributed by atoms with Gasteiger partial charge in [0, 0.05) is 25.3 Å². The van der Waals surface area contributed by atoms with Crippen LogP contribution in [-0.4, -0.2) is 58.0 Å². The zero-order valence-corrected chi connectivity index (χ0v) is 11.7. The van der Waals surface area contributed by atoms with Crippen LogP contribution in [0.15, 0.2) is 18.5 Å². The van der Waals surface area contributed by atoms with Crippen LogP contribution < -0.4 is 0 Å². The van der Waals surface area contributed by atoms with Gasteiger partial charge in [-0.05, 0) is 38.4 Å². The maximum Gasteiger partial charge on any atom is 0.255 e. The van der Waals surface area contributed by atoms with Gasteiger partial charge in [-0.1, -0.05) is 6.42 Å². The first kappa shape index (κ1) is 13.4. The van der Waals surface area contributed by atoms with Gasteiger partial charge in [-0.3, -0.25) is 14.7 Å². The maximum absolute atomic E-state index is 12.4. The average Bonchev–Trinajstić information content (AvgIpc) is 2.97. The molecule has 0 spiro atoms. The van der Waals surface area contributed by atoms with Gasteiger partial charge in [0.25, 0.3) is 5.91 Å². The third-order valence-corrected chi connectivity index (χ3v) is 4.33. The quantitative estimate of drug-likeness (QED) is 0.888. The molecule has 3 heterocycles. The summed E-state index contributed by atoms with van der Waals surface area (Å²) in [5.74, 6) is 0.0236. The van der Waals surface area contributed by atoms with Gasteiger partial charge < -0.3 is 10.0 Å². The van der Waals surface area contributed by atoms with Crippen molar-refractivity contribution in [2.45, 2.75) is 31.7 Å². The minimum absolute atomic E-state index is 0.0205. The number of carbonyl (C=O) groups excluding carboxylic acids is 1. The van der Waals surface area contributed by atoms with Gasteiger partial charge in [0.15, 0.2) is 0 Å². The molecule has 0 saturated carbocycles. The van der Waals surface area contributed by atoms with E-state index in [0.29, 0.717) is 11.6 Å². The molecule has 2 aliphatic heterocycles. The molecule has 0 radical (unpaired) electrons. The van der Waals surface area contributed by atoms with E-state index in [4.69, 9.17) is 0 Å². The summed E-state index contributed by atoms with van der Waals surface area (Å²) in [6.07, 6.45) is 7.81. The molecule has 108 valence electrons. The van der Waals surface area contributed by atoms with Gasteiger partial charge in [0.2, 0.25) is 0 Å². The normalized spacial score (nSPS) is 24.0. The smallest absolute Gasteiger partial charge is 0.255 e. The van der Waals surface area contributed by atoms with Crippen molar-refractivity contribution < 1.29 is 9.90 Å². The molecule has 2 aliphatic rings. The highest BCUT2D eigenvalue weighted by Crippen LogP contribution is 2.22. The topological polar surface area (TPSA) is 56.7 Å². The molecule has 2 fully saturated rings. The molecule has 0 aromatic carbocycles. The number of amides is 1. The SMILES string of the molecule is O=C(c1cncc(O)c1)N1CCC(N2CCCCC2)C1. The van der Waals surface area contributed by atoms with Gasteiger partial charge in [0.05, 0.1) is 11.8 Å². The van der Waals surface area contributed by atoms with Gasteiger partial charge in [-0.15, -0.1) is 0 Å². The van der Waals surface area contributed by atoms with E-state index >= 15 is 0 Å². The number of hydrogen-bond donors (Lipinski definition) is 1. The van der Waals surface area contributed by atoms with Crippen LogP contribution in [-0.2, 0) is 0 Å². The van der Waals surface area contributed by atoms with Gasteiger partial charge in [0.1, 0.15) is 5.75 Å². The summed E-state index contributed by atoms with van der Waals surface area (Å²) in [6, 6.07) is 1.99. The number of nitrogens with zero attached hydrogens (tertiary/aromatic N) is 3. The number of rotatable bonds is 2. The van der Waals surface area contributed by atoms with Crippen LogP contribution in [0.1, 0.15) is 36.0 Å². The lowest BCUT2D eigenvalue weighted by Gasteiger charge is -2.32. The molecule has 5 heteroatoms. The summed E-state index contributed by atoms with van der Waals surface area (Å²) in [7, 11) is 0. The second-order valence-corrected chi connectivity index (χ2v) is 5.72. The lowest BCUT2D eigenvalue weighted by atomic mass is 10.1. The lowest BCUT2D eigenvalue weighted by Crippen LogP contribution is -2.41. The number of hydrogen-bond acceptors (Lipinski definition) is 4. The Labute approximate surface area is 119 Å². The Kier molecular flexibility index (Phi) is 3.87. The van der Waals surface area contributed by atoms with E-state index in [1.807, 2.05) is 4.90 Å². The standard InChI is InChI=1S/C15H21N3O2/c19-14-8-12(9-16-10-14)15(20)18-7-4-13(11-18)17-5-2-1-3-6-17/h8-10,13,19H,1-7,11H2. The molecule has 1 N–H and O–H groups in total. The number of likely N-dealkylation sites (tertiary alicyclic amines) is 2. The van der Waals surface area contributed by atoms with E-state index in [1.165, 1.54) is 50.8 Å². The van der Waals surface area contributed by atoms with Crippen LogP contribution in [0.25, 0.3) is 0 Å². The Morgan fingerprint density at radius 1 is 1.20 bits per heavy atom. The average molecular weight is 275 g/mol. The molecule has 1 aromatic heterocycles. The van der Waals surface area contributed by atoms with E-state index in [0.717, 1.165) is 19.5 Å². The van der Waals surface area contributed by atoms with Crippen LogP contribution in [0, 0.1) is 0 Å². The van der Waals surface area contributed by atoms with Crippen LogP contribution in [0.2, 0.25) is 0 Å². The molecular formula is C15H21N3O2. The Morgan fingerprint density at radius 3 is 2.75 bits per heavy atom. The Hall–Kier alpha value is -1.62. The molecule has 1 aromatic rings. The molecule has 0 bridgehead atoms. The van der Waals surface area contributed by atoms with Crippen molar-refractivity contribution in [2.75, 3.05) is 26.2 Å². The summed E-state index contributed by atoms with van der Waals surface area (Å²) in [4.78, 5) is 20.7. The van der Waals surface area contributed by atoms with Crippen molar-refractivity contribution >= 4 is 5.91 Å². The second-order valence-electron chi connectivity index (χ2n) is 5.72. The number of aromatic nitrogens is 1.